The molecule has 0 saturated heterocycles. The number of hydrogen-bond donors (Lipinski definition) is 2. The standard InChI is InChI=1S/C13H19NO2/c1-2-7-16-9-13-12-8-11(15)4-3-10(12)5-6-14-13/h3-4,8,13-15H,2,5-7,9H2,1H3. The molecule has 0 bridgehead atoms. The summed E-state index contributed by atoms with van der Waals surface area (Å²) in [7, 11) is 0. The zero-order chi connectivity index (χ0) is 11.4. The van der Waals surface area contributed by atoms with Gasteiger partial charge in [-0.05, 0) is 42.6 Å². The molecule has 1 atom stereocenters. The van der Waals surface area contributed by atoms with Crippen molar-refractivity contribution in [2.75, 3.05) is 19.8 Å². The molecule has 2 rings (SSSR count). The van der Waals surface area contributed by atoms with Gasteiger partial charge >= 0.3 is 0 Å². The Kier molecular flexibility index (Phi) is 3.80. The summed E-state index contributed by atoms with van der Waals surface area (Å²) in [6.45, 7) is 4.57. The maximum Gasteiger partial charge on any atom is 0.115 e. The first-order valence-electron chi connectivity index (χ1n) is 5.94. The monoisotopic (exact) mass is 221 g/mol. The van der Waals surface area contributed by atoms with E-state index in [0.717, 1.165) is 26.0 Å². The fourth-order valence-electron chi connectivity index (χ4n) is 2.12. The summed E-state index contributed by atoms with van der Waals surface area (Å²) in [5, 5.41) is 12.9. The molecule has 0 fully saturated rings. The predicted molar refractivity (Wildman–Crippen MR) is 63.7 cm³/mol. The van der Waals surface area contributed by atoms with Crippen molar-refractivity contribution in [1.82, 2.24) is 5.32 Å². The third-order valence-corrected chi connectivity index (χ3v) is 2.92. The van der Waals surface area contributed by atoms with E-state index in [9.17, 15) is 5.11 Å². The molecule has 0 spiro atoms. The molecule has 0 saturated carbocycles. The summed E-state index contributed by atoms with van der Waals surface area (Å²) < 4.78 is 5.57. The van der Waals surface area contributed by atoms with Crippen LogP contribution in [-0.2, 0) is 11.2 Å². The second kappa shape index (κ2) is 5.32. The molecule has 0 radical (unpaired) electrons. The van der Waals surface area contributed by atoms with Crippen LogP contribution in [0.3, 0.4) is 0 Å². The Hall–Kier alpha value is -1.06. The summed E-state index contributed by atoms with van der Waals surface area (Å²) in [5.41, 5.74) is 2.50. The van der Waals surface area contributed by atoms with Gasteiger partial charge in [-0.2, -0.15) is 0 Å². The van der Waals surface area contributed by atoms with E-state index in [1.807, 2.05) is 12.1 Å². The van der Waals surface area contributed by atoms with Gasteiger partial charge in [-0.25, -0.2) is 0 Å². The van der Waals surface area contributed by atoms with E-state index in [2.05, 4.69) is 12.2 Å². The largest absolute Gasteiger partial charge is 0.508 e. The molecule has 88 valence electrons. The van der Waals surface area contributed by atoms with E-state index in [0.29, 0.717) is 12.4 Å². The quantitative estimate of drug-likeness (QED) is 0.764. The molecule has 0 aromatic heterocycles. The van der Waals surface area contributed by atoms with Gasteiger partial charge in [0.25, 0.3) is 0 Å². The Morgan fingerprint density at radius 2 is 2.38 bits per heavy atom. The lowest BCUT2D eigenvalue weighted by atomic mass is 9.94. The first-order valence-corrected chi connectivity index (χ1v) is 5.94. The third-order valence-electron chi connectivity index (χ3n) is 2.92. The molecule has 16 heavy (non-hydrogen) atoms. The molecule has 1 aromatic rings. The van der Waals surface area contributed by atoms with Gasteiger partial charge in [-0.3, -0.25) is 0 Å². The Morgan fingerprint density at radius 3 is 3.19 bits per heavy atom. The lowest BCUT2D eigenvalue weighted by Crippen LogP contribution is -2.32. The fraction of sp³-hybridized carbons (Fsp3) is 0.538. The highest BCUT2D eigenvalue weighted by molar-refractivity contribution is 5.38. The number of fused-ring (bicyclic) bond motifs is 1. The molecule has 1 aromatic carbocycles. The smallest absolute Gasteiger partial charge is 0.115 e. The average molecular weight is 221 g/mol. The van der Waals surface area contributed by atoms with Gasteiger partial charge in [0.1, 0.15) is 5.75 Å². The Bertz CT molecular complexity index is 352. The molecular weight excluding hydrogens is 202 g/mol. The minimum absolute atomic E-state index is 0.224. The third kappa shape index (κ3) is 2.54. The van der Waals surface area contributed by atoms with Crippen LogP contribution in [0.5, 0.6) is 5.75 Å². The summed E-state index contributed by atoms with van der Waals surface area (Å²) in [4.78, 5) is 0. The zero-order valence-electron chi connectivity index (χ0n) is 9.70. The van der Waals surface area contributed by atoms with Gasteiger partial charge in [0, 0.05) is 6.61 Å². The minimum atomic E-state index is 0.224. The number of benzene rings is 1. The van der Waals surface area contributed by atoms with Crippen molar-refractivity contribution in [1.29, 1.82) is 0 Å². The van der Waals surface area contributed by atoms with Crippen molar-refractivity contribution in [3.63, 3.8) is 0 Å². The van der Waals surface area contributed by atoms with Crippen molar-refractivity contribution in [3.8, 4) is 5.75 Å². The van der Waals surface area contributed by atoms with Gasteiger partial charge in [0.05, 0.1) is 12.6 Å². The number of rotatable bonds is 4. The fourth-order valence-corrected chi connectivity index (χ4v) is 2.12. The maximum absolute atomic E-state index is 9.51. The maximum atomic E-state index is 9.51. The topological polar surface area (TPSA) is 41.5 Å². The highest BCUT2D eigenvalue weighted by Crippen LogP contribution is 2.26. The summed E-state index contributed by atoms with van der Waals surface area (Å²) in [6.07, 6.45) is 2.07. The van der Waals surface area contributed by atoms with Crippen LogP contribution in [0, 0.1) is 0 Å². The van der Waals surface area contributed by atoms with E-state index >= 15 is 0 Å². The van der Waals surface area contributed by atoms with Gasteiger partial charge in [-0.1, -0.05) is 13.0 Å². The molecular formula is C13H19NO2. The molecule has 2 N–H and O–H groups in total. The summed E-state index contributed by atoms with van der Waals surface area (Å²) >= 11 is 0. The van der Waals surface area contributed by atoms with Crippen molar-refractivity contribution in [3.05, 3.63) is 29.3 Å². The first-order chi connectivity index (χ1) is 7.81. The molecule has 1 heterocycles. The van der Waals surface area contributed by atoms with Gasteiger partial charge in [0.2, 0.25) is 0 Å². The van der Waals surface area contributed by atoms with Crippen molar-refractivity contribution < 1.29 is 9.84 Å². The van der Waals surface area contributed by atoms with E-state index in [1.54, 1.807) is 6.07 Å². The Balaban J connectivity index is 2.09. The van der Waals surface area contributed by atoms with Crippen molar-refractivity contribution >= 4 is 0 Å². The molecule has 0 aliphatic carbocycles. The number of ether oxygens (including phenoxy) is 1. The summed E-state index contributed by atoms with van der Waals surface area (Å²) in [6, 6.07) is 5.84. The van der Waals surface area contributed by atoms with Gasteiger partial charge in [0.15, 0.2) is 0 Å². The Morgan fingerprint density at radius 1 is 1.50 bits per heavy atom. The van der Waals surface area contributed by atoms with Crippen molar-refractivity contribution in [2.24, 2.45) is 0 Å². The van der Waals surface area contributed by atoms with Gasteiger partial charge < -0.3 is 15.2 Å². The minimum Gasteiger partial charge on any atom is -0.508 e. The SMILES string of the molecule is CCCOCC1NCCc2ccc(O)cc21. The zero-order valence-corrected chi connectivity index (χ0v) is 9.70. The van der Waals surface area contributed by atoms with Crippen LogP contribution in [0.2, 0.25) is 0 Å². The normalized spacial score (nSPS) is 19.4. The molecule has 3 nitrogen and oxygen atoms in total. The molecule has 1 unspecified atom stereocenters. The lowest BCUT2D eigenvalue weighted by molar-refractivity contribution is 0.110. The van der Waals surface area contributed by atoms with Crippen LogP contribution < -0.4 is 5.32 Å². The number of nitrogens with one attached hydrogen (secondary N) is 1. The van der Waals surface area contributed by atoms with Crippen LogP contribution in [0.4, 0.5) is 0 Å². The van der Waals surface area contributed by atoms with E-state index in [4.69, 9.17) is 4.74 Å². The summed E-state index contributed by atoms with van der Waals surface area (Å²) in [5.74, 6) is 0.336. The average Bonchev–Trinajstić information content (AvgIpc) is 2.30. The first kappa shape index (κ1) is 11.4. The van der Waals surface area contributed by atoms with E-state index in [-0.39, 0.29) is 6.04 Å². The van der Waals surface area contributed by atoms with E-state index in [1.165, 1.54) is 11.1 Å². The molecule has 0 amide bonds. The van der Waals surface area contributed by atoms with Crippen molar-refractivity contribution in [2.45, 2.75) is 25.8 Å². The second-order valence-corrected chi connectivity index (χ2v) is 4.21. The second-order valence-electron chi connectivity index (χ2n) is 4.21. The van der Waals surface area contributed by atoms with E-state index < -0.39 is 0 Å². The number of aromatic hydroxyl groups is 1. The van der Waals surface area contributed by atoms with Crippen LogP contribution in [0.25, 0.3) is 0 Å². The number of phenolic OH excluding ortho intramolecular Hbond substituents is 1. The van der Waals surface area contributed by atoms with Crippen LogP contribution >= 0.6 is 0 Å². The van der Waals surface area contributed by atoms with Crippen LogP contribution in [0.1, 0.15) is 30.5 Å². The number of phenols is 1. The van der Waals surface area contributed by atoms with Crippen LogP contribution in [-0.4, -0.2) is 24.9 Å². The lowest BCUT2D eigenvalue weighted by Gasteiger charge is -2.26. The molecule has 3 heteroatoms. The molecule has 1 aliphatic rings. The highest BCUT2D eigenvalue weighted by Gasteiger charge is 2.19. The highest BCUT2D eigenvalue weighted by atomic mass is 16.5. The predicted octanol–water partition coefficient (Wildman–Crippen LogP) is 2.01. The number of hydrogen-bond acceptors (Lipinski definition) is 3. The molecule has 1 aliphatic heterocycles. The Labute approximate surface area is 96.4 Å². The van der Waals surface area contributed by atoms with Gasteiger partial charge in [-0.15, -0.1) is 0 Å². The van der Waals surface area contributed by atoms with Crippen LogP contribution in [0.15, 0.2) is 18.2 Å².